The summed E-state index contributed by atoms with van der Waals surface area (Å²) < 4.78 is 26.5. The lowest BCUT2D eigenvalue weighted by atomic mass is 9.67. The largest absolute Gasteiger partial charge is 0.340 e. The Labute approximate surface area is 139 Å². The number of hydrogen-bond acceptors (Lipinski definition) is 4. The average molecular weight is 343 g/mol. The molecule has 2 atom stereocenters. The zero-order valence-corrected chi connectivity index (χ0v) is 15.1. The molecule has 2 aliphatic heterocycles. The summed E-state index contributed by atoms with van der Waals surface area (Å²) in [6.07, 6.45) is 4.23. The zero-order chi connectivity index (χ0) is 16.7. The average Bonchev–Trinajstić information content (AvgIpc) is 2.54. The molecule has 0 unspecified atom stereocenters. The summed E-state index contributed by atoms with van der Waals surface area (Å²) in [6.45, 7) is 5.71. The number of piperazine rings is 1. The van der Waals surface area contributed by atoms with E-state index in [1.165, 1.54) is 0 Å². The third kappa shape index (κ3) is 2.91. The molecule has 1 amide bonds. The highest BCUT2D eigenvalue weighted by Gasteiger charge is 2.56. The third-order valence-corrected chi connectivity index (χ3v) is 7.97. The molecule has 6 nitrogen and oxygen atoms in total. The Morgan fingerprint density at radius 3 is 2.48 bits per heavy atom. The number of likely N-dealkylation sites (N-methyl/N-ethyl adjacent to an activating group) is 1. The number of carbonyl (C=O) groups is 1. The Kier molecular flexibility index (Phi) is 4.73. The predicted molar refractivity (Wildman–Crippen MR) is 89.5 cm³/mol. The molecule has 0 radical (unpaired) electrons. The maximum atomic E-state index is 13.4. The van der Waals surface area contributed by atoms with Crippen molar-refractivity contribution in [1.29, 1.82) is 0 Å². The molecule has 0 spiro atoms. The van der Waals surface area contributed by atoms with Crippen LogP contribution in [0.3, 0.4) is 0 Å². The summed E-state index contributed by atoms with van der Waals surface area (Å²) in [6, 6.07) is -0.132. The highest BCUT2D eigenvalue weighted by Crippen LogP contribution is 2.47. The van der Waals surface area contributed by atoms with Gasteiger partial charge in [-0.15, -0.1) is 0 Å². The molecule has 0 aromatic rings. The van der Waals surface area contributed by atoms with Crippen molar-refractivity contribution in [2.75, 3.05) is 45.5 Å². The fraction of sp³-hybridized carbons (Fsp3) is 0.938. The monoisotopic (exact) mass is 343 g/mol. The van der Waals surface area contributed by atoms with Crippen molar-refractivity contribution >= 4 is 15.9 Å². The van der Waals surface area contributed by atoms with E-state index in [1.54, 1.807) is 4.31 Å². The van der Waals surface area contributed by atoms with Crippen molar-refractivity contribution in [3.8, 4) is 0 Å². The van der Waals surface area contributed by atoms with E-state index in [0.717, 1.165) is 51.9 Å². The molecule has 0 N–H and O–H groups in total. The number of hydrogen-bond donors (Lipinski definition) is 0. The number of amides is 1. The summed E-state index contributed by atoms with van der Waals surface area (Å²) in [5.74, 6) is 0.334. The van der Waals surface area contributed by atoms with E-state index < -0.39 is 15.4 Å². The summed E-state index contributed by atoms with van der Waals surface area (Å²) in [7, 11) is -1.12. The normalized spacial score (nSPS) is 35.7. The molecule has 3 rings (SSSR count). The molecule has 0 bridgehead atoms. The van der Waals surface area contributed by atoms with Gasteiger partial charge in [0.15, 0.2) is 0 Å². The number of rotatable bonds is 2. The van der Waals surface area contributed by atoms with Gasteiger partial charge in [0.05, 0.1) is 11.2 Å². The first kappa shape index (κ1) is 17.2. The highest BCUT2D eigenvalue weighted by atomic mass is 32.2. The van der Waals surface area contributed by atoms with Crippen LogP contribution in [0.1, 0.15) is 39.0 Å². The maximum absolute atomic E-state index is 13.4. The van der Waals surface area contributed by atoms with Crippen LogP contribution in [0.2, 0.25) is 0 Å². The Morgan fingerprint density at radius 1 is 1.13 bits per heavy atom. The first-order valence-corrected chi connectivity index (χ1v) is 10.5. The lowest BCUT2D eigenvalue weighted by Gasteiger charge is -2.52. The first-order valence-electron chi connectivity index (χ1n) is 8.88. The van der Waals surface area contributed by atoms with Gasteiger partial charge in [-0.2, -0.15) is 4.31 Å². The zero-order valence-electron chi connectivity index (χ0n) is 14.3. The molecule has 7 heteroatoms. The number of sulfonamides is 1. The quantitative estimate of drug-likeness (QED) is 0.742. The van der Waals surface area contributed by atoms with Gasteiger partial charge in [0.25, 0.3) is 0 Å². The van der Waals surface area contributed by atoms with E-state index >= 15 is 0 Å². The number of nitrogens with zero attached hydrogens (tertiary/aromatic N) is 3. The minimum atomic E-state index is -3.20. The van der Waals surface area contributed by atoms with Crippen LogP contribution in [0, 0.1) is 5.41 Å². The molecule has 3 fully saturated rings. The van der Waals surface area contributed by atoms with Crippen LogP contribution >= 0.6 is 0 Å². The van der Waals surface area contributed by atoms with Gasteiger partial charge in [0.2, 0.25) is 15.9 Å². The van der Waals surface area contributed by atoms with Crippen LogP contribution in [0.15, 0.2) is 0 Å². The minimum Gasteiger partial charge on any atom is -0.340 e. The fourth-order valence-corrected chi connectivity index (χ4v) is 6.60. The Hall–Kier alpha value is -0.660. The van der Waals surface area contributed by atoms with Crippen LogP contribution in [0.4, 0.5) is 0 Å². The van der Waals surface area contributed by atoms with E-state index in [0.29, 0.717) is 13.0 Å². The van der Waals surface area contributed by atoms with E-state index in [4.69, 9.17) is 0 Å². The van der Waals surface area contributed by atoms with Crippen molar-refractivity contribution in [1.82, 2.24) is 14.1 Å². The van der Waals surface area contributed by atoms with Crippen molar-refractivity contribution in [2.24, 2.45) is 5.41 Å². The van der Waals surface area contributed by atoms with Crippen LogP contribution in [0.25, 0.3) is 0 Å². The van der Waals surface area contributed by atoms with Gasteiger partial charge in [-0.05, 0) is 26.3 Å². The van der Waals surface area contributed by atoms with Gasteiger partial charge < -0.3 is 9.80 Å². The topological polar surface area (TPSA) is 60.9 Å². The molecule has 1 aliphatic carbocycles. The smallest absolute Gasteiger partial charge is 0.230 e. The van der Waals surface area contributed by atoms with Gasteiger partial charge in [0.1, 0.15) is 0 Å². The molecule has 23 heavy (non-hydrogen) atoms. The summed E-state index contributed by atoms with van der Waals surface area (Å²) in [5, 5.41) is 0. The number of fused-ring (bicyclic) bond motifs is 1. The standard InChI is InChI=1S/C16H29N3O3S/c1-3-19-14-6-4-5-7-16(14,8-13-23(19,21)22)15(20)18-11-9-17(2)10-12-18/h14H,3-13H2,1-2H3/t14-,16-/m1/s1. The molecule has 2 heterocycles. The van der Waals surface area contributed by atoms with Gasteiger partial charge in [-0.3, -0.25) is 4.79 Å². The van der Waals surface area contributed by atoms with Gasteiger partial charge in [0, 0.05) is 38.8 Å². The van der Waals surface area contributed by atoms with Crippen molar-refractivity contribution < 1.29 is 13.2 Å². The van der Waals surface area contributed by atoms with Crippen molar-refractivity contribution in [3.63, 3.8) is 0 Å². The minimum absolute atomic E-state index is 0.122. The van der Waals surface area contributed by atoms with Crippen molar-refractivity contribution in [3.05, 3.63) is 0 Å². The number of carbonyl (C=O) groups excluding carboxylic acids is 1. The molecule has 0 aromatic heterocycles. The Bertz CT molecular complexity index is 557. The lowest BCUT2D eigenvalue weighted by molar-refractivity contribution is -0.150. The van der Waals surface area contributed by atoms with Gasteiger partial charge >= 0.3 is 0 Å². The van der Waals surface area contributed by atoms with Crippen molar-refractivity contribution in [2.45, 2.75) is 45.1 Å². The molecule has 132 valence electrons. The van der Waals surface area contributed by atoms with E-state index in [9.17, 15) is 13.2 Å². The third-order valence-electron chi connectivity index (χ3n) is 6.03. The molecular formula is C16H29N3O3S. The SMILES string of the molecule is CCN1[C@@H]2CCCC[C@@]2(C(=O)N2CCN(C)CC2)CCS1(=O)=O. The van der Waals surface area contributed by atoms with Crippen LogP contribution in [-0.2, 0) is 14.8 Å². The van der Waals surface area contributed by atoms with Crippen LogP contribution in [0.5, 0.6) is 0 Å². The van der Waals surface area contributed by atoms with Crippen LogP contribution < -0.4 is 0 Å². The van der Waals surface area contributed by atoms with E-state index in [-0.39, 0.29) is 17.7 Å². The highest BCUT2D eigenvalue weighted by molar-refractivity contribution is 7.89. The van der Waals surface area contributed by atoms with E-state index in [1.807, 2.05) is 11.8 Å². The summed E-state index contributed by atoms with van der Waals surface area (Å²) >= 11 is 0. The second-order valence-corrected chi connectivity index (χ2v) is 9.32. The van der Waals surface area contributed by atoms with Gasteiger partial charge in [-0.1, -0.05) is 19.8 Å². The summed E-state index contributed by atoms with van der Waals surface area (Å²) in [4.78, 5) is 17.6. The summed E-state index contributed by atoms with van der Waals surface area (Å²) in [5.41, 5.74) is -0.477. The van der Waals surface area contributed by atoms with Gasteiger partial charge in [-0.25, -0.2) is 8.42 Å². The first-order chi connectivity index (χ1) is 10.9. The van der Waals surface area contributed by atoms with E-state index in [2.05, 4.69) is 11.9 Å². The molecule has 3 aliphatic rings. The maximum Gasteiger partial charge on any atom is 0.230 e. The molecule has 0 aromatic carbocycles. The Morgan fingerprint density at radius 2 is 1.83 bits per heavy atom. The fourth-order valence-electron chi connectivity index (χ4n) is 4.65. The predicted octanol–water partition coefficient (Wildman–Crippen LogP) is 0.745. The van der Waals surface area contributed by atoms with Crippen LogP contribution in [-0.4, -0.2) is 80.0 Å². The molecule has 2 saturated heterocycles. The molecular weight excluding hydrogens is 314 g/mol. The second-order valence-electron chi connectivity index (χ2n) is 7.28. The molecule has 1 saturated carbocycles. The Balaban J connectivity index is 1.89. The lowest BCUT2D eigenvalue weighted by Crippen LogP contribution is -2.64. The second kappa shape index (κ2) is 6.33.